The highest BCUT2D eigenvalue weighted by Gasteiger charge is 2.45. The van der Waals surface area contributed by atoms with Gasteiger partial charge in [-0.3, -0.25) is 4.57 Å². The molecule has 0 aliphatic carbocycles. The van der Waals surface area contributed by atoms with Crippen LogP contribution in [0.2, 0.25) is 0 Å². The smallest absolute Gasteiger partial charge is 0.167 e. The van der Waals surface area contributed by atoms with Crippen molar-refractivity contribution >= 4 is 17.0 Å². The molecule has 1 aliphatic heterocycles. The Bertz CT molecular complexity index is 848. The third-order valence-corrected chi connectivity index (χ3v) is 6.96. The van der Waals surface area contributed by atoms with Gasteiger partial charge >= 0.3 is 0 Å². The second-order valence-electron chi connectivity index (χ2n) is 9.75. The molecular weight excluding hydrogens is 446 g/mol. The molecule has 9 nitrogen and oxygen atoms in total. The fourth-order valence-corrected chi connectivity index (χ4v) is 4.85. The number of aliphatic hydroxyl groups excluding tert-OH is 2. The number of imidazole rings is 1. The first-order valence-electron chi connectivity index (χ1n) is 13.7. The van der Waals surface area contributed by atoms with Crippen LogP contribution in [0.5, 0.6) is 0 Å². The minimum Gasteiger partial charge on any atom is -0.394 e. The molecule has 1 aliphatic rings. The van der Waals surface area contributed by atoms with Gasteiger partial charge in [-0.05, 0) is 6.42 Å². The van der Waals surface area contributed by atoms with E-state index in [1.54, 1.807) is 10.9 Å². The Kier molecular flexibility index (Phi) is 12.2. The zero-order valence-electron chi connectivity index (χ0n) is 21.4. The normalized spacial score (nSPS) is 22.4. The molecule has 0 radical (unpaired) electrons. The maximum atomic E-state index is 10.7. The molecule has 0 bridgehead atoms. The largest absolute Gasteiger partial charge is 0.394 e. The van der Waals surface area contributed by atoms with Gasteiger partial charge in [0.1, 0.15) is 30.2 Å². The minimum absolute atomic E-state index is 0.283. The predicted octanol–water partition coefficient (Wildman–Crippen LogP) is 4.53. The first kappa shape index (κ1) is 27.8. The summed E-state index contributed by atoms with van der Waals surface area (Å²) in [7, 11) is 0. The van der Waals surface area contributed by atoms with Gasteiger partial charge in [0.15, 0.2) is 17.7 Å². The van der Waals surface area contributed by atoms with Crippen LogP contribution < -0.4 is 5.73 Å². The van der Waals surface area contributed by atoms with Gasteiger partial charge in [0, 0.05) is 6.61 Å². The van der Waals surface area contributed by atoms with Gasteiger partial charge in [-0.25, -0.2) is 15.0 Å². The molecule has 0 amide bonds. The molecule has 3 rings (SSSR count). The number of unbranched alkanes of at least 4 members (excludes halogenated alkanes) is 13. The van der Waals surface area contributed by atoms with Crippen molar-refractivity contribution in [2.45, 2.75) is 121 Å². The van der Waals surface area contributed by atoms with Crippen LogP contribution in [-0.4, -0.2) is 61.3 Å². The Hall–Kier alpha value is -1.81. The SMILES string of the molecule is CCCCCCCCCCCCCCCCO[C@H]1C(O)[C@@H](CO)O[C@H]1n1cnc2c(N)ncnc21. The number of nitrogen functional groups attached to an aromatic ring is 1. The molecule has 1 saturated heterocycles. The highest BCUT2D eigenvalue weighted by molar-refractivity contribution is 5.81. The summed E-state index contributed by atoms with van der Waals surface area (Å²) in [5.41, 5.74) is 6.88. The van der Waals surface area contributed by atoms with Gasteiger partial charge in [0.05, 0.1) is 12.9 Å². The number of nitrogens with two attached hydrogens (primary N) is 1. The van der Waals surface area contributed by atoms with Gasteiger partial charge in [0.2, 0.25) is 0 Å². The third kappa shape index (κ3) is 8.10. The molecule has 2 aromatic rings. The average Bonchev–Trinajstić information content (AvgIpc) is 3.43. The molecule has 1 unspecified atom stereocenters. The number of hydrogen-bond acceptors (Lipinski definition) is 8. The highest BCUT2D eigenvalue weighted by atomic mass is 16.6. The second kappa shape index (κ2) is 15.3. The van der Waals surface area contributed by atoms with Crippen molar-refractivity contribution in [3.63, 3.8) is 0 Å². The first-order valence-corrected chi connectivity index (χ1v) is 13.7. The summed E-state index contributed by atoms with van der Waals surface area (Å²) in [6.07, 6.45) is 18.2. The van der Waals surface area contributed by atoms with Crippen molar-refractivity contribution in [3.05, 3.63) is 12.7 Å². The summed E-state index contributed by atoms with van der Waals surface area (Å²) >= 11 is 0. The first-order chi connectivity index (χ1) is 17.2. The number of ether oxygens (including phenoxy) is 2. The number of nitrogens with zero attached hydrogens (tertiary/aromatic N) is 4. The summed E-state index contributed by atoms with van der Waals surface area (Å²) in [5, 5.41) is 20.3. The van der Waals surface area contributed by atoms with Crippen molar-refractivity contribution in [2.75, 3.05) is 18.9 Å². The van der Waals surface area contributed by atoms with E-state index in [2.05, 4.69) is 21.9 Å². The fourth-order valence-electron chi connectivity index (χ4n) is 4.85. The molecule has 4 atom stereocenters. The van der Waals surface area contributed by atoms with E-state index in [1.165, 1.54) is 83.4 Å². The average molecular weight is 492 g/mol. The van der Waals surface area contributed by atoms with Gasteiger partial charge in [-0.2, -0.15) is 0 Å². The summed E-state index contributed by atoms with van der Waals surface area (Å²) in [5.74, 6) is 0.283. The Morgan fingerprint density at radius 3 is 2.11 bits per heavy atom. The van der Waals surface area contributed by atoms with Gasteiger partial charge in [-0.15, -0.1) is 0 Å². The monoisotopic (exact) mass is 491 g/mol. The van der Waals surface area contributed by atoms with Crippen LogP contribution in [-0.2, 0) is 9.47 Å². The van der Waals surface area contributed by atoms with E-state index in [0.717, 1.165) is 12.8 Å². The van der Waals surface area contributed by atoms with E-state index in [0.29, 0.717) is 17.8 Å². The molecule has 35 heavy (non-hydrogen) atoms. The standard InChI is InChI=1S/C26H45N5O4/c1-2-3-4-5-6-7-8-9-10-11-12-13-14-15-16-34-23-22(33)20(17-32)35-26(23)31-19-30-21-24(27)28-18-29-25(21)31/h18-20,22-23,26,32-33H,2-17H2,1H3,(H2,27,28,29)/t20-,22?,23+,26-/m1/s1. The molecule has 4 N–H and O–H groups in total. The number of aromatic nitrogens is 4. The molecule has 9 heteroatoms. The van der Waals surface area contributed by atoms with E-state index in [1.807, 2.05) is 0 Å². The lowest BCUT2D eigenvalue weighted by atomic mass is 10.0. The van der Waals surface area contributed by atoms with Crippen molar-refractivity contribution in [2.24, 2.45) is 0 Å². The third-order valence-electron chi connectivity index (χ3n) is 6.96. The Morgan fingerprint density at radius 1 is 0.914 bits per heavy atom. The van der Waals surface area contributed by atoms with Crippen LogP contribution in [0.25, 0.3) is 11.2 Å². The number of aliphatic hydroxyl groups is 2. The minimum atomic E-state index is -0.937. The van der Waals surface area contributed by atoms with Crippen LogP contribution in [0.3, 0.4) is 0 Å². The van der Waals surface area contributed by atoms with E-state index in [-0.39, 0.29) is 12.4 Å². The topological polar surface area (TPSA) is 129 Å². The molecule has 3 heterocycles. The second-order valence-corrected chi connectivity index (χ2v) is 9.75. The van der Waals surface area contributed by atoms with Crippen molar-refractivity contribution in [1.82, 2.24) is 19.5 Å². The molecular formula is C26H45N5O4. The lowest BCUT2D eigenvalue weighted by molar-refractivity contribution is -0.0711. The van der Waals surface area contributed by atoms with Gasteiger partial charge in [0.25, 0.3) is 0 Å². The molecule has 1 fully saturated rings. The van der Waals surface area contributed by atoms with E-state index in [9.17, 15) is 10.2 Å². The van der Waals surface area contributed by atoms with E-state index < -0.39 is 24.5 Å². The van der Waals surface area contributed by atoms with E-state index in [4.69, 9.17) is 15.2 Å². The number of fused-ring (bicyclic) bond motifs is 1. The van der Waals surface area contributed by atoms with Crippen LogP contribution >= 0.6 is 0 Å². The fraction of sp³-hybridized carbons (Fsp3) is 0.808. The van der Waals surface area contributed by atoms with Crippen LogP contribution in [0.15, 0.2) is 12.7 Å². The van der Waals surface area contributed by atoms with Crippen LogP contribution in [0, 0.1) is 0 Å². The molecule has 0 saturated carbocycles. The maximum Gasteiger partial charge on any atom is 0.167 e. The predicted molar refractivity (Wildman–Crippen MR) is 137 cm³/mol. The van der Waals surface area contributed by atoms with E-state index >= 15 is 0 Å². The lowest BCUT2D eigenvalue weighted by Gasteiger charge is -2.22. The summed E-state index contributed by atoms with van der Waals surface area (Å²) in [4.78, 5) is 12.5. The van der Waals surface area contributed by atoms with Gasteiger partial charge < -0.3 is 25.4 Å². The molecule has 2 aromatic heterocycles. The van der Waals surface area contributed by atoms with Crippen molar-refractivity contribution in [3.8, 4) is 0 Å². The van der Waals surface area contributed by atoms with Crippen LogP contribution in [0.4, 0.5) is 5.82 Å². The van der Waals surface area contributed by atoms with Crippen molar-refractivity contribution in [1.29, 1.82) is 0 Å². The summed E-state index contributed by atoms with van der Waals surface area (Å²) in [6.45, 7) is 2.50. The zero-order chi connectivity index (χ0) is 24.9. The number of rotatable bonds is 18. The quantitative estimate of drug-likeness (QED) is 0.260. The van der Waals surface area contributed by atoms with Crippen LogP contribution in [0.1, 0.15) is 103 Å². The summed E-state index contributed by atoms with van der Waals surface area (Å²) in [6, 6.07) is 0. The molecule has 0 aromatic carbocycles. The number of anilines is 1. The summed E-state index contributed by atoms with van der Waals surface area (Å²) < 4.78 is 13.7. The van der Waals surface area contributed by atoms with Crippen molar-refractivity contribution < 1.29 is 19.7 Å². The maximum absolute atomic E-state index is 10.7. The highest BCUT2D eigenvalue weighted by Crippen LogP contribution is 2.34. The molecule has 198 valence electrons. The lowest BCUT2D eigenvalue weighted by Crippen LogP contribution is -2.35. The Balaban J connectivity index is 1.32. The van der Waals surface area contributed by atoms with Gasteiger partial charge in [-0.1, -0.05) is 90.4 Å². The zero-order valence-corrected chi connectivity index (χ0v) is 21.4. The Labute approximate surface area is 209 Å². The molecule has 0 spiro atoms. The number of hydrogen-bond donors (Lipinski definition) is 3. The Morgan fingerprint density at radius 2 is 1.51 bits per heavy atom.